The normalized spacial score (nSPS) is 12.2. The molecule has 0 spiro atoms. The van der Waals surface area contributed by atoms with Crippen LogP contribution < -0.4 is 11.1 Å². The van der Waals surface area contributed by atoms with Gasteiger partial charge < -0.3 is 15.8 Å². The number of amides is 1. The summed E-state index contributed by atoms with van der Waals surface area (Å²) in [6, 6.07) is 4.28. The van der Waals surface area contributed by atoms with Crippen LogP contribution in [0, 0.1) is 0 Å². The van der Waals surface area contributed by atoms with E-state index in [2.05, 4.69) is 5.32 Å². The van der Waals surface area contributed by atoms with Gasteiger partial charge in [0.15, 0.2) is 0 Å². The maximum absolute atomic E-state index is 11.8. The third kappa shape index (κ3) is 4.82. The third-order valence-electron chi connectivity index (χ3n) is 2.39. The van der Waals surface area contributed by atoms with E-state index >= 15 is 0 Å². The molecule has 0 fully saturated rings. The van der Waals surface area contributed by atoms with Crippen LogP contribution in [-0.2, 0) is 9.53 Å². The van der Waals surface area contributed by atoms with E-state index in [0.717, 1.165) is 6.42 Å². The molecule has 1 aromatic rings. The maximum atomic E-state index is 11.8. The van der Waals surface area contributed by atoms with Crippen LogP contribution in [0.1, 0.15) is 12.8 Å². The average molecular weight is 291 g/mol. The fraction of sp³-hybridized carbons (Fsp3) is 0.417. The number of rotatable bonds is 6. The van der Waals surface area contributed by atoms with Crippen LogP contribution in [0.5, 0.6) is 0 Å². The van der Waals surface area contributed by atoms with Gasteiger partial charge in [0, 0.05) is 18.7 Å². The highest BCUT2D eigenvalue weighted by molar-refractivity contribution is 6.36. The molecule has 4 nitrogen and oxygen atoms in total. The molecule has 0 aromatic heterocycles. The molecule has 0 aliphatic heterocycles. The lowest BCUT2D eigenvalue weighted by Crippen LogP contribution is -2.35. The Labute approximate surface area is 116 Å². The van der Waals surface area contributed by atoms with Crippen LogP contribution in [-0.4, -0.2) is 25.7 Å². The van der Waals surface area contributed by atoms with Gasteiger partial charge in [-0.1, -0.05) is 23.2 Å². The molecule has 1 atom stereocenters. The Morgan fingerprint density at radius 3 is 2.83 bits per heavy atom. The van der Waals surface area contributed by atoms with E-state index in [9.17, 15) is 4.79 Å². The Kier molecular flexibility index (Phi) is 6.43. The second-order valence-corrected chi connectivity index (χ2v) is 4.70. The predicted molar refractivity (Wildman–Crippen MR) is 74.2 cm³/mol. The molecule has 1 amide bonds. The van der Waals surface area contributed by atoms with Gasteiger partial charge >= 0.3 is 0 Å². The van der Waals surface area contributed by atoms with E-state index in [0.29, 0.717) is 28.8 Å². The molecule has 100 valence electrons. The van der Waals surface area contributed by atoms with Crippen molar-refractivity contribution in [1.29, 1.82) is 0 Å². The summed E-state index contributed by atoms with van der Waals surface area (Å²) >= 11 is 11.7. The summed E-state index contributed by atoms with van der Waals surface area (Å²) in [5, 5.41) is 3.57. The molecule has 0 heterocycles. The summed E-state index contributed by atoms with van der Waals surface area (Å²) in [7, 11) is 1.61. The Bertz CT molecular complexity index is 413. The lowest BCUT2D eigenvalue weighted by atomic mass is 10.1. The summed E-state index contributed by atoms with van der Waals surface area (Å²) < 4.78 is 4.90. The lowest BCUT2D eigenvalue weighted by molar-refractivity contribution is -0.117. The van der Waals surface area contributed by atoms with Gasteiger partial charge in [-0.15, -0.1) is 0 Å². The highest BCUT2D eigenvalue weighted by Gasteiger charge is 2.14. The molecule has 0 radical (unpaired) electrons. The molecule has 0 saturated carbocycles. The molecule has 1 unspecified atom stereocenters. The number of hydrogen-bond donors (Lipinski definition) is 2. The Morgan fingerprint density at radius 1 is 1.50 bits per heavy atom. The van der Waals surface area contributed by atoms with E-state index in [1.54, 1.807) is 25.3 Å². The van der Waals surface area contributed by atoms with Gasteiger partial charge in [0.05, 0.1) is 16.8 Å². The monoisotopic (exact) mass is 290 g/mol. The van der Waals surface area contributed by atoms with E-state index < -0.39 is 6.04 Å². The number of ether oxygens (including phenoxy) is 1. The van der Waals surface area contributed by atoms with Gasteiger partial charge in [-0.2, -0.15) is 0 Å². The van der Waals surface area contributed by atoms with E-state index in [4.69, 9.17) is 33.7 Å². The first-order chi connectivity index (χ1) is 8.54. The molecule has 3 N–H and O–H groups in total. The van der Waals surface area contributed by atoms with Crippen molar-refractivity contribution in [3.8, 4) is 0 Å². The molecule has 1 rings (SSSR count). The highest BCUT2D eigenvalue weighted by atomic mass is 35.5. The zero-order valence-electron chi connectivity index (χ0n) is 10.1. The number of carbonyl (C=O) groups excluding carboxylic acids is 1. The number of carbonyl (C=O) groups is 1. The Hall–Kier alpha value is -0.810. The standard InChI is InChI=1S/C12H16Cl2N2O2/c1-18-6-2-3-10(15)12(17)16-11-5-4-8(13)7-9(11)14/h4-5,7,10H,2-3,6,15H2,1H3,(H,16,17). The van der Waals surface area contributed by atoms with Crippen LogP contribution in [0.4, 0.5) is 5.69 Å². The molecule has 0 saturated heterocycles. The summed E-state index contributed by atoms with van der Waals surface area (Å²) in [6.45, 7) is 0.586. The molecule has 1 aromatic carbocycles. The van der Waals surface area contributed by atoms with E-state index in [1.165, 1.54) is 0 Å². The largest absolute Gasteiger partial charge is 0.385 e. The van der Waals surface area contributed by atoms with Gasteiger partial charge in [-0.3, -0.25) is 4.79 Å². The van der Waals surface area contributed by atoms with Crippen LogP contribution >= 0.6 is 23.2 Å². The molecule has 0 aliphatic carbocycles. The van der Waals surface area contributed by atoms with Crippen molar-refractivity contribution in [1.82, 2.24) is 0 Å². The first-order valence-electron chi connectivity index (χ1n) is 5.55. The SMILES string of the molecule is COCCCC(N)C(=O)Nc1ccc(Cl)cc1Cl. The van der Waals surface area contributed by atoms with Crippen LogP contribution in [0.2, 0.25) is 10.0 Å². The number of nitrogens with two attached hydrogens (primary N) is 1. The number of anilines is 1. The zero-order chi connectivity index (χ0) is 13.5. The summed E-state index contributed by atoms with van der Waals surface area (Å²) in [4.78, 5) is 11.8. The maximum Gasteiger partial charge on any atom is 0.241 e. The fourth-order valence-electron chi connectivity index (χ4n) is 1.39. The van der Waals surface area contributed by atoms with Crippen molar-refractivity contribution in [2.24, 2.45) is 5.73 Å². The molecule has 0 bridgehead atoms. The van der Waals surface area contributed by atoms with E-state index in [-0.39, 0.29) is 5.91 Å². The van der Waals surface area contributed by atoms with Gasteiger partial charge in [-0.05, 0) is 31.0 Å². The minimum Gasteiger partial charge on any atom is -0.385 e. The molecule has 18 heavy (non-hydrogen) atoms. The summed E-state index contributed by atoms with van der Waals surface area (Å²) in [5.41, 5.74) is 6.26. The predicted octanol–water partition coefficient (Wildman–Crippen LogP) is 2.69. The lowest BCUT2D eigenvalue weighted by Gasteiger charge is -2.13. The smallest absolute Gasteiger partial charge is 0.241 e. The fourth-order valence-corrected chi connectivity index (χ4v) is 1.85. The van der Waals surface area contributed by atoms with Crippen molar-refractivity contribution in [3.63, 3.8) is 0 Å². The topological polar surface area (TPSA) is 64.3 Å². The zero-order valence-corrected chi connectivity index (χ0v) is 11.6. The molecule has 6 heteroatoms. The number of hydrogen-bond acceptors (Lipinski definition) is 3. The van der Waals surface area contributed by atoms with Crippen molar-refractivity contribution >= 4 is 34.8 Å². The first kappa shape index (κ1) is 15.2. The van der Waals surface area contributed by atoms with Crippen LogP contribution in [0.25, 0.3) is 0 Å². The minimum absolute atomic E-state index is 0.268. The third-order valence-corrected chi connectivity index (χ3v) is 2.94. The first-order valence-corrected chi connectivity index (χ1v) is 6.30. The highest BCUT2D eigenvalue weighted by Crippen LogP contribution is 2.25. The second-order valence-electron chi connectivity index (χ2n) is 3.85. The van der Waals surface area contributed by atoms with Crippen LogP contribution in [0.3, 0.4) is 0 Å². The van der Waals surface area contributed by atoms with Crippen molar-refractivity contribution < 1.29 is 9.53 Å². The second kappa shape index (κ2) is 7.59. The number of nitrogens with one attached hydrogen (secondary N) is 1. The van der Waals surface area contributed by atoms with Crippen molar-refractivity contribution in [2.75, 3.05) is 19.0 Å². The molecular formula is C12H16Cl2N2O2. The number of benzene rings is 1. The molecule has 0 aliphatic rings. The van der Waals surface area contributed by atoms with Crippen LogP contribution in [0.15, 0.2) is 18.2 Å². The van der Waals surface area contributed by atoms with Gasteiger partial charge in [-0.25, -0.2) is 0 Å². The Morgan fingerprint density at radius 2 is 2.22 bits per heavy atom. The van der Waals surface area contributed by atoms with E-state index in [1.807, 2.05) is 0 Å². The van der Waals surface area contributed by atoms with Crippen molar-refractivity contribution in [2.45, 2.75) is 18.9 Å². The Balaban J connectivity index is 2.53. The molecular weight excluding hydrogens is 275 g/mol. The quantitative estimate of drug-likeness (QED) is 0.792. The minimum atomic E-state index is -0.577. The van der Waals surface area contributed by atoms with Gasteiger partial charge in [0.25, 0.3) is 0 Å². The number of methoxy groups -OCH3 is 1. The summed E-state index contributed by atoms with van der Waals surface area (Å²) in [6.07, 6.45) is 1.30. The summed E-state index contributed by atoms with van der Waals surface area (Å²) in [5.74, 6) is -0.268. The van der Waals surface area contributed by atoms with Gasteiger partial charge in [0.2, 0.25) is 5.91 Å². The number of halogens is 2. The van der Waals surface area contributed by atoms with Gasteiger partial charge in [0.1, 0.15) is 0 Å². The average Bonchev–Trinajstić information content (AvgIpc) is 2.32. The van der Waals surface area contributed by atoms with Crippen molar-refractivity contribution in [3.05, 3.63) is 28.2 Å².